The van der Waals surface area contributed by atoms with Gasteiger partial charge in [-0.1, -0.05) is 48.5 Å². The van der Waals surface area contributed by atoms with Gasteiger partial charge in [-0.05, 0) is 42.7 Å². The van der Waals surface area contributed by atoms with Gasteiger partial charge < -0.3 is 5.11 Å². The first-order valence-corrected chi connectivity index (χ1v) is 8.34. The maximum atomic E-state index is 12.2. The lowest BCUT2D eigenvalue weighted by molar-refractivity contribution is 0.0950. The SMILES string of the molecule is O=C(N/N=C(\CCc1ccccc1)c1ccccc1O)c1ccccn1. The van der Waals surface area contributed by atoms with Crippen LogP contribution in [0.3, 0.4) is 0 Å². The van der Waals surface area contributed by atoms with Gasteiger partial charge in [-0.15, -0.1) is 0 Å². The number of nitrogens with zero attached hydrogens (tertiary/aromatic N) is 2. The van der Waals surface area contributed by atoms with E-state index in [4.69, 9.17) is 0 Å². The summed E-state index contributed by atoms with van der Waals surface area (Å²) >= 11 is 0. The number of aryl methyl sites for hydroxylation is 1. The van der Waals surface area contributed by atoms with Gasteiger partial charge in [0.2, 0.25) is 0 Å². The zero-order valence-corrected chi connectivity index (χ0v) is 14.2. The predicted molar refractivity (Wildman–Crippen MR) is 101 cm³/mol. The fourth-order valence-electron chi connectivity index (χ4n) is 2.55. The molecule has 0 aliphatic rings. The topological polar surface area (TPSA) is 74.6 Å². The first kappa shape index (κ1) is 17.4. The van der Waals surface area contributed by atoms with Gasteiger partial charge in [-0.2, -0.15) is 5.10 Å². The molecule has 0 spiro atoms. The highest BCUT2D eigenvalue weighted by Gasteiger charge is 2.11. The van der Waals surface area contributed by atoms with E-state index in [0.29, 0.717) is 17.7 Å². The second kappa shape index (κ2) is 8.58. The summed E-state index contributed by atoms with van der Waals surface area (Å²) in [7, 11) is 0. The number of carbonyl (C=O) groups is 1. The minimum Gasteiger partial charge on any atom is -0.507 e. The first-order valence-electron chi connectivity index (χ1n) is 8.34. The third-order valence-electron chi connectivity index (χ3n) is 3.90. The Morgan fingerprint density at radius 3 is 2.42 bits per heavy atom. The van der Waals surface area contributed by atoms with Crippen molar-refractivity contribution < 1.29 is 9.90 Å². The van der Waals surface area contributed by atoms with Gasteiger partial charge in [-0.3, -0.25) is 9.78 Å². The van der Waals surface area contributed by atoms with E-state index in [-0.39, 0.29) is 11.4 Å². The van der Waals surface area contributed by atoms with Crippen LogP contribution in [-0.2, 0) is 6.42 Å². The molecule has 2 aromatic carbocycles. The number of hydrogen-bond donors (Lipinski definition) is 2. The lowest BCUT2D eigenvalue weighted by atomic mass is 10.0. The molecule has 5 heteroatoms. The molecule has 0 fully saturated rings. The van der Waals surface area contributed by atoms with E-state index in [9.17, 15) is 9.90 Å². The van der Waals surface area contributed by atoms with E-state index in [1.165, 1.54) is 0 Å². The van der Waals surface area contributed by atoms with Gasteiger partial charge in [-0.25, -0.2) is 5.43 Å². The highest BCUT2D eigenvalue weighted by molar-refractivity contribution is 6.04. The Labute approximate surface area is 152 Å². The maximum absolute atomic E-state index is 12.2. The van der Waals surface area contributed by atoms with Crippen LogP contribution >= 0.6 is 0 Å². The van der Waals surface area contributed by atoms with E-state index in [1.54, 1.807) is 42.6 Å². The van der Waals surface area contributed by atoms with Crippen LogP contribution in [0.25, 0.3) is 0 Å². The van der Waals surface area contributed by atoms with Crippen LogP contribution in [-0.4, -0.2) is 21.7 Å². The lowest BCUT2D eigenvalue weighted by Crippen LogP contribution is -2.21. The summed E-state index contributed by atoms with van der Waals surface area (Å²) in [6.45, 7) is 0. The number of hydrogen-bond acceptors (Lipinski definition) is 4. The average Bonchev–Trinajstić information content (AvgIpc) is 2.70. The number of benzene rings is 2. The molecule has 2 N–H and O–H groups in total. The van der Waals surface area contributed by atoms with Crippen LogP contribution in [0, 0.1) is 0 Å². The average molecular weight is 345 g/mol. The van der Waals surface area contributed by atoms with E-state index in [1.807, 2.05) is 36.4 Å². The van der Waals surface area contributed by atoms with Crippen molar-refractivity contribution in [3.63, 3.8) is 0 Å². The van der Waals surface area contributed by atoms with Gasteiger partial charge in [0.25, 0.3) is 5.91 Å². The van der Waals surface area contributed by atoms with Crippen molar-refractivity contribution in [2.24, 2.45) is 5.10 Å². The third-order valence-corrected chi connectivity index (χ3v) is 3.90. The quantitative estimate of drug-likeness (QED) is 0.530. The number of para-hydroxylation sites is 1. The molecule has 3 aromatic rings. The standard InChI is InChI=1S/C21H19N3O2/c25-20-12-5-4-10-17(20)18(14-13-16-8-2-1-3-9-16)23-24-21(26)19-11-6-7-15-22-19/h1-12,15,25H,13-14H2,(H,24,26)/b23-18+. The summed E-state index contributed by atoms with van der Waals surface area (Å²) in [4.78, 5) is 16.2. The summed E-state index contributed by atoms with van der Waals surface area (Å²) in [5, 5.41) is 14.4. The maximum Gasteiger partial charge on any atom is 0.289 e. The summed E-state index contributed by atoms with van der Waals surface area (Å²) < 4.78 is 0. The van der Waals surface area contributed by atoms with Gasteiger partial charge in [0.15, 0.2) is 0 Å². The minimum absolute atomic E-state index is 0.131. The number of phenols is 1. The molecule has 130 valence electrons. The van der Waals surface area contributed by atoms with Crippen LogP contribution < -0.4 is 5.43 Å². The Morgan fingerprint density at radius 1 is 0.962 bits per heavy atom. The largest absolute Gasteiger partial charge is 0.507 e. The Morgan fingerprint density at radius 2 is 1.69 bits per heavy atom. The number of aromatic nitrogens is 1. The Hall–Kier alpha value is -3.47. The number of carbonyl (C=O) groups excluding carboxylic acids is 1. The third kappa shape index (κ3) is 4.54. The summed E-state index contributed by atoms with van der Waals surface area (Å²) in [6.07, 6.45) is 2.87. The van der Waals surface area contributed by atoms with Crippen molar-refractivity contribution >= 4 is 11.6 Å². The molecule has 26 heavy (non-hydrogen) atoms. The second-order valence-electron chi connectivity index (χ2n) is 5.72. The Bertz CT molecular complexity index is 893. The predicted octanol–water partition coefficient (Wildman–Crippen LogP) is 3.55. The number of pyridine rings is 1. The van der Waals surface area contributed by atoms with Gasteiger partial charge in [0.05, 0.1) is 5.71 Å². The van der Waals surface area contributed by atoms with Crippen molar-refractivity contribution in [1.29, 1.82) is 0 Å². The summed E-state index contributed by atoms with van der Waals surface area (Å²) in [5.74, 6) is -0.260. The van der Waals surface area contributed by atoms with Crippen LogP contribution in [0.1, 0.15) is 28.0 Å². The molecule has 1 aromatic heterocycles. The van der Waals surface area contributed by atoms with E-state index in [0.717, 1.165) is 12.0 Å². The number of amides is 1. The molecule has 0 radical (unpaired) electrons. The van der Waals surface area contributed by atoms with Crippen LogP contribution in [0.2, 0.25) is 0 Å². The molecule has 0 bridgehead atoms. The molecule has 0 aliphatic carbocycles. The molecule has 0 unspecified atom stereocenters. The summed E-state index contributed by atoms with van der Waals surface area (Å²) in [5.41, 5.74) is 5.19. The molecule has 0 atom stereocenters. The fourth-order valence-corrected chi connectivity index (χ4v) is 2.55. The van der Waals surface area contributed by atoms with Gasteiger partial charge in [0, 0.05) is 11.8 Å². The normalized spacial score (nSPS) is 11.2. The van der Waals surface area contributed by atoms with Crippen LogP contribution in [0.15, 0.2) is 84.1 Å². The number of rotatable bonds is 6. The molecule has 0 aliphatic heterocycles. The molecule has 5 nitrogen and oxygen atoms in total. The van der Waals surface area contributed by atoms with E-state index < -0.39 is 5.91 Å². The zero-order chi connectivity index (χ0) is 18.2. The van der Waals surface area contributed by atoms with Crippen LogP contribution in [0.5, 0.6) is 5.75 Å². The molecule has 3 rings (SSSR count). The number of hydrazone groups is 1. The van der Waals surface area contributed by atoms with Crippen LogP contribution in [0.4, 0.5) is 0 Å². The Kier molecular flexibility index (Phi) is 5.72. The fraction of sp³-hybridized carbons (Fsp3) is 0.0952. The first-order chi connectivity index (χ1) is 12.7. The molecular weight excluding hydrogens is 326 g/mol. The molecule has 1 amide bonds. The van der Waals surface area contributed by atoms with Crippen molar-refractivity contribution in [3.05, 3.63) is 95.8 Å². The van der Waals surface area contributed by atoms with Gasteiger partial charge >= 0.3 is 0 Å². The minimum atomic E-state index is -0.391. The number of phenolic OH excluding ortho intramolecular Hbond substituents is 1. The number of aromatic hydroxyl groups is 1. The van der Waals surface area contributed by atoms with Crippen molar-refractivity contribution in [2.75, 3.05) is 0 Å². The van der Waals surface area contributed by atoms with Gasteiger partial charge in [0.1, 0.15) is 11.4 Å². The molecular formula is C21H19N3O2. The zero-order valence-electron chi connectivity index (χ0n) is 14.2. The smallest absolute Gasteiger partial charge is 0.289 e. The second-order valence-corrected chi connectivity index (χ2v) is 5.72. The van der Waals surface area contributed by atoms with Crippen molar-refractivity contribution in [1.82, 2.24) is 10.4 Å². The van der Waals surface area contributed by atoms with Crippen molar-refractivity contribution in [3.8, 4) is 5.75 Å². The highest BCUT2D eigenvalue weighted by atomic mass is 16.3. The van der Waals surface area contributed by atoms with Crippen molar-refractivity contribution in [2.45, 2.75) is 12.8 Å². The highest BCUT2D eigenvalue weighted by Crippen LogP contribution is 2.19. The lowest BCUT2D eigenvalue weighted by Gasteiger charge is -2.09. The Balaban J connectivity index is 1.80. The molecule has 0 saturated carbocycles. The van der Waals surface area contributed by atoms with E-state index >= 15 is 0 Å². The molecule has 0 saturated heterocycles. The summed E-state index contributed by atoms with van der Waals surface area (Å²) in [6, 6.07) is 22.1. The number of nitrogens with one attached hydrogen (secondary N) is 1. The van der Waals surface area contributed by atoms with E-state index in [2.05, 4.69) is 15.5 Å². The molecule has 1 heterocycles. The monoisotopic (exact) mass is 345 g/mol.